The van der Waals surface area contributed by atoms with Crippen molar-refractivity contribution in [3.05, 3.63) is 28.8 Å². The molecule has 2 amide bonds. The van der Waals surface area contributed by atoms with Gasteiger partial charge in [-0.3, -0.25) is 10.1 Å². The normalized spacial score (nSPS) is 10.6. The maximum absolute atomic E-state index is 11.8. The summed E-state index contributed by atoms with van der Waals surface area (Å²) in [5, 5.41) is 32.8. The Balaban J connectivity index is 1.83. The van der Waals surface area contributed by atoms with Crippen molar-refractivity contribution >= 4 is 34.7 Å². The minimum Gasteiger partial charge on any atom is -0.504 e. The largest absolute Gasteiger partial charge is 0.504 e. The molecule has 0 aliphatic carbocycles. The van der Waals surface area contributed by atoms with Gasteiger partial charge in [-0.1, -0.05) is 11.3 Å². The maximum atomic E-state index is 11.8. The van der Waals surface area contributed by atoms with E-state index in [0.717, 1.165) is 11.3 Å². The van der Waals surface area contributed by atoms with Crippen molar-refractivity contribution in [3.8, 4) is 11.5 Å². The van der Waals surface area contributed by atoms with E-state index in [4.69, 9.17) is 4.74 Å². The molecule has 11 heteroatoms. The van der Waals surface area contributed by atoms with Crippen LogP contribution >= 0.6 is 11.3 Å². The van der Waals surface area contributed by atoms with Gasteiger partial charge in [0.25, 0.3) is 0 Å². The summed E-state index contributed by atoms with van der Waals surface area (Å²) in [6, 6.07) is 4.11. The van der Waals surface area contributed by atoms with Crippen molar-refractivity contribution in [2.24, 2.45) is 5.10 Å². The molecule has 0 spiro atoms. The number of aromatic hydroxyl groups is 2. The number of rotatable bonds is 6. The lowest BCUT2D eigenvalue weighted by molar-refractivity contribution is -0.120. The van der Waals surface area contributed by atoms with E-state index in [1.54, 1.807) is 6.92 Å². The molecule has 2 aromatic rings. The van der Waals surface area contributed by atoms with Crippen LogP contribution in [-0.2, 0) is 16.0 Å². The summed E-state index contributed by atoms with van der Waals surface area (Å²) in [6.07, 6.45) is 0.599. The standard InChI is InChI=1S/C14H15N5O5S/c1-2-24-14(23)16-13-19-18-12(25-13)6-11(22)17-15-7-8-3-4-9(20)10(21)5-8/h3-5,7,20-21H,2,6H2,1H3,(H,17,22)(H,16,19,23)/b15-7-. The zero-order valence-electron chi connectivity index (χ0n) is 13.1. The fourth-order valence-corrected chi connectivity index (χ4v) is 2.33. The third kappa shape index (κ3) is 5.73. The summed E-state index contributed by atoms with van der Waals surface area (Å²) in [5.74, 6) is -0.964. The number of anilines is 1. The van der Waals surface area contributed by atoms with E-state index in [1.165, 1.54) is 24.4 Å². The topological polar surface area (TPSA) is 146 Å². The number of carbonyl (C=O) groups excluding carboxylic acids is 2. The number of hydrogen-bond donors (Lipinski definition) is 4. The predicted molar refractivity (Wildman–Crippen MR) is 89.8 cm³/mol. The third-order valence-electron chi connectivity index (χ3n) is 2.67. The van der Waals surface area contributed by atoms with Crippen LogP contribution in [0.4, 0.5) is 9.93 Å². The Morgan fingerprint density at radius 2 is 2.12 bits per heavy atom. The number of phenols is 2. The summed E-state index contributed by atoms with van der Waals surface area (Å²) < 4.78 is 4.70. The lowest BCUT2D eigenvalue weighted by atomic mass is 10.2. The summed E-state index contributed by atoms with van der Waals surface area (Å²) in [5.41, 5.74) is 2.79. The quantitative estimate of drug-likeness (QED) is 0.342. The van der Waals surface area contributed by atoms with Crippen LogP contribution in [0.2, 0.25) is 0 Å². The average molecular weight is 365 g/mol. The first-order chi connectivity index (χ1) is 12.0. The number of nitrogens with zero attached hydrogens (tertiary/aromatic N) is 3. The SMILES string of the molecule is CCOC(=O)Nc1nnc(CC(=O)N/N=C\c2ccc(O)c(O)c2)s1. The highest BCUT2D eigenvalue weighted by Gasteiger charge is 2.11. The van der Waals surface area contributed by atoms with Crippen LogP contribution in [0, 0.1) is 0 Å². The second-order valence-electron chi connectivity index (χ2n) is 4.56. The fourth-order valence-electron chi connectivity index (χ4n) is 1.61. The van der Waals surface area contributed by atoms with Crippen molar-refractivity contribution in [3.63, 3.8) is 0 Å². The monoisotopic (exact) mass is 365 g/mol. The van der Waals surface area contributed by atoms with Gasteiger partial charge in [0.1, 0.15) is 5.01 Å². The van der Waals surface area contributed by atoms with Gasteiger partial charge in [-0.25, -0.2) is 10.2 Å². The van der Waals surface area contributed by atoms with Crippen LogP contribution in [0.5, 0.6) is 11.5 Å². The van der Waals surface area contributed by atoms with E-state index in [2.05, 4.69) is 26.0 Å². The van der Waals surface area contributed by atoms with Crippen molar-refractivity contribution in [2.75, 3.05) is 11.9 Å². The Morgan fingerprint density at radius 1 is 1.32 bits per heavy atom. The average Bonchev–Trinajstić information content (AvgIpc) is 2.97. The Kier molecular flexibility index (Phi) is 6.23. The van der Waals surface area contributed by atoms with Gasteiger partial charge in [-0.15, -0.1) is 10.2 Å². The summed E-state index contributed by atoms with van der Waals surface area (Å²) >= 11 is 1.04. The first kappa shape index (κ1) is 18.1. The van der Waals surface area contributed by atoms with Crippen molar-refractivity contribution in [2.45, 2.75) is 13.3 Å². The molecule has 4 N–H and O–H groups in total. The van der Waals surface area contributed by atoms with Crippen LogP contribution in [0.25, 0.3) is 0 Å². The molecule has 0 aliphatic heterocycles. The molecule has 1 aromatic heterocycles. The first-order valence-electron chi connectivity index (χ1n) is 7.08. The van der Waals surface area contributed by atoms with Gasteiger partial charge >= 0.3 is 6.09 Å². The molecule has 0 saturated carbocycles. The molecule has 0 atom stereocenters. The van der Waals surface area contributed by atoms with Crippen LogP contribution in [-0.4, -0.2) is 45.2 Å². The minimum absolute atomic E-state index is 0.0691. The number of amides is 2. The Hall–Kier alpha value is -3.21. The predicted octanol–water partition coefficient (Wildman–Crippen LogP) is 1.21. The number of carbonyl (C=O) groups is 2. The highest BCUT2D eigenvalue weighted by molar-refractivity contribution is 7.15. The first-order valence-corrected chi connectivity index (χ1v) is 7.89. The van der Waals surface area contributed by atoms with E-state index in [9.17, 15) is 19.8 Å². The van der Waals surface area contributed by atoms with Gasteiger partial charge in [0.05, 0.1) is 19.2 Å². The van der Waals surface area contributed by atoms with Crippen LogP contribution in [0.3, 0.4) is 0 Å². The maximum Gasteiger partial charge on any atom is 0.413 e. The Labute approximate surface area is 146 Å². The van der Waals surface area contributed by atoms with E-state index >= 15 is 0 Å². The summed E-state index contributed by atoms with van der Waals surface area (Å²) in [6.45, 7) is 1.91. The van der Waals surface area contributed by atoms with E-state index < -0.39 is 12.0 Å². The molecule has 25 heavy (non-hydrogen) atoms. The summed E-state index contributed by atoms with van der Waals surface area (Å²) in [4.78, 5) is 23.0. The van der Waals surface area contributed by atoms with Gasteiger partial charge in [-0.05, 0) is 30.7 Å². The third-order valence-corrected chi connectivity index (χ3v) is 3.50. The second kappa shape index (κ2) is 8.59. The highest BCUT2D eigenvalue weighted by Crippen LogP contribution is 2.23. The molecule has 0 radical (unpaired) electrons. The molecule has 10 nitrogen and oxygen atoms in total. The molecule has 2 rings (SSSR count). The van der Waals surface area contributed by atoms with E-state index in [1.807, 2.05) is 0 Å². The van der Waals surface area contributed by atoms with Crippen LogP contribution in [0.15, 0.2) is 23.3 Å². The number of ether oxygens (including phenoxy) is 1. The Bertz CT molecular complexity index is 792. The second-order valence-corrected chi connectivity index (χ2v) is 5.63. The number of hydrogen-bond acceptors (Lipinski definition) is 9. The van der Waals surface area contributed by atoms with Crippen molar-refractivity contribution < 1.29 is 24.5 Å². The zero-order valence-corrected chi connectivity index (χ0v) is 13.9. The lowest BCUT2D eigenvalue weighted by Crippen LogP contribution is -2.19. The Morgan fingerprint density at radius 3 is 2.84 bits per heavy atom. The van der Waals surface area contributed by atoms with Gasteiger partial charge in [0, 0.05) is 0 Å². The van der Waals surface area contributed by atoms with Gasteiger partial charge in [0.15, 0.2) is 11.5 Å². The molecule has 0 saturated heterocycles. The summed E-state index contributed by atoms with van der Waals surface area (Å²) in [7, 11) is 0. The number of benzene rings is 1. The molecule has 0 unspecified atom stereocenters. The highest BCUT2D eigenvalue weighted by atomic mass is 32.1. The van der Waals surface area contributed by atoms with Crippen LogP contribution in [0.1, 0.15) is 17.5 Å². The van der Waals surface area contributed by atoms with E-state index in [0.29, 0.717) is 10.6 Å². The zero-order chi connectivity index (χ0) is 18.2. The molecule has 132 valence electrons. The number of aromatic nitrogens is 2. The number of nitrogens with one attached hydrogen (secondary N) is 2. The van der Waals surface area contributed by atoms with Gasteiger partial charge < -0.3 is 14.9 Å². The minimum atomic E-state index is -0.642. The molecular weight excluding hydrogens is 350 g/mol. The lowest BCUT2D eigenvalue weighted by Gasteiger charge is -1.99. The van der Waals surface area contributed by atoms with Crippen molar-refractivity contribution in [1.29, 1.82) is 0 Å². The molecule has 1 aromatic carbocycles. The molecule has 1 heterocycles. The number of hydrazone groups is 1. The number of phenolic OH excluding ortho intramolecular Hbond substituents is 2. The van der Waals surface area contributed by atoms with Gasteiger partial charge in [0.2, 0.25) is 11.0 Å². The van der Waals surface area contributed by atoms with Gasteiger partial charge in [-0.2, -0.15) is 5.10 Å². The van der Waals surface area contributed by atoms with E-state index in [-0.39, 0.29) is 29.7 Å². The van der Waals surface area contributed by atoms with Crippen molar-refractivity contribution in [1.82, 2.24) is 15.6 Å². The molecule has 0 bridgehead atoms. The fraction of sp³-hybridized carbons (Fsp3) is 0.214. The molecular formula is C14H15N5O5S. The smallest absolute Gasteiger partial charge is 0.413 e. The van der Waals surface area contributed by atoms with Crippen LogP contribution < -0.4 is 10.7 Å². The molecule has 0 fully saturated rings. The molecule has 0 aliphatic rings.